The third-order valence-electron chi connectivity index (χ3n) is 16.3. The number of phenols is 1. The summed E-state index contributed by atoms with van der Waals surface area (Å²) in [5.41, 5.74) is 24.8. The number of hydrogen-bond acceptors (Lipinski definition) is 15. The minimum absolute atomic E-state index is 0.00369. The van der Waals surface area contributed by atoms with Crippen LogP contribution < -0.4 is 76.1 Å². The number of benzene rings is 3. The van der Waals surface area contributed by atoms with E-state index < -0.39 is 138 Å². The summed E-state index contributed by atoms with van der Waals surface area (Å²) < 4.78 is 0. The molecule has 3 aromatic carbocycles. The minimum atomic E-state index is -1.71. The van der Waals surface area contributed by atoms with Crippen molar-refractivity contribution in [2.24, 2.45) is 39.8 Å². The van der Waals surface area contributed by atoms with Crippen molar-refractivity contribution in [2.75, 3.05) is 32.7 Å². The first-order valence-corrected chi connectivity index (χ1v) is 33.0. The van der Waals surface area contributed by atoms with Crippen molar-refractivity contribution < 1.29 is 57.8 Å². The van der Waals surface area contributed by atoms with Gasteiger partial charge < -0.3 is 86.1 Å². The number of amides is 11. The Bertz CT molecular complexity index is 3060. The van der Waals surface area contributed by atoms with Crippen molar-refractivity contribution in [3.05, 3.63) is 102 Å². The van der Waals surface area contributed by atoms with E-state index in [1.807, 2.05) is 20.8 Å². The van der Waals surface area contributed by atoms with E-state index in [4.69, 9.17) is 22.9 Å². The Morgan fingerprint density at radius 3 is 1.52 bits per heavy atom. The Balaban J connectivity index is 1.68. The topological polar surface area (TPSA) is 448 Å². The number of nitrogens with one attached hydrogen (secondary N) is 10. The van der Waals surface area contributed by atoms with Crippen LogP contribution in [0.5, 0.6) is 5.75 Å². The van der Waals surface area contributed by atoms with Gasteiger partial charge in [-0.2, -0.15) is 0 Å². The van der Waals surface area contributed by atoms with Gasteiger partial charge in [0.15, 0.2) is 5.96 Å². The Morgan fingerprint density at radius 1 is 0.537 bits per heavy atom. The Kier molecular flexibility index (Phi) is 31.8. The zero-order chi connectivity index (χ0) is 69.6. The van der Waals surface area contributed by atoms with E-state index in [0.29, 0.717) is 36.0 Å². The van der Waals surface area contributed by atoms with Crippen LogP contribution in [0.15, 0.2) is 89.9 Å². The first-order valence-electron chi connectivity index (χ1n) is 33.0. The maximum Gasteiger partial charge on any atom is 0.246 e. The first-order chi connectivity index (χ1) is 45.4. The average molecular weight is 1320 g/mol. The largest absolute Gasteiger partial charge is 0.508 e. The lowest BCUT2D eigenvalue weighted by atomic mass is 9.98. The van der Waals surface area contributed by atoms with Gasteiger partial charge in [-0.3, -0.25) is 57.7 Å². The van der Waals surface area contributed by atoms with Crippen molar-refractivity contribution in [3.8, 4) is 5.75 Å². The molecule has 2 heterocycles. The number of phenolic OH excluding ortho intramolecular Hbond substituents is 1. The molecule has 2 saturated heterocycles. The lowest BCUT2D eigenvalue weighted by molar-refractivity contribution is -0.142. The molecule has 0 spiro atoms. The van der Waals surface area contributed by atoms with Crippen LogP contribution in [0.2, 0.25) is 0 Å². The summed E-state index contributed by atoms with van der Waals surface area (Å²) in [5, 5.41) is 37.8. The van der Waals surface area contributed by atoms with Crippen LogP contribution in [0.1, 0.15) is 128 Å². The Hall–Kier alpha value is -9.18. The molecule has 2 fully saturated rings. The quantitative estimate of drug-likeness (QED) is 0.0300. The number of unbranched alkanes of at least 4 members (excludes halogenated alkanes) is 1. The highest BCUT2D eigenvalue weighted by atomic mass is 16.3. The van der Waals surface area contributed by atoms with Gasteiger partial charge >= 0.3 is 0 Å². The van der Waals surface area contributed by atoms with Crippen LogP contribution in [-0.2, 0) is 72.0 Å². The van der Waals surface area contributed by atoms with Gasteiger partial charge in [0.25, 0.3) is 0 Å². The molecule has 11 amide bonds. The lowest BCUT2D eigenvalue weighted by Gasteiger charge is -2.32. The highest BCUT2D eigenvalue weighted by Crippen LogP contribution is 2.22. The van der Waals surface area contributed by atoms with E-state index in [9.17, 15) is 53.1 Å². The molecule has 10 atom stereocenters. The minimum Gasteiger partial charge on any atom is -0.508 e. The predicted molar refractivity (Wildman–Crippen MR) is 358 cm³/mol. The van der Waals surface area contributed by atoms with Crippen molar-refractivity contribution in [1.82, 2.24) is 58.1 Å². The molecule has 95 heavy (non-hydrogen) atoms. The molecule has 0 saturated carbocycles. The summed E-state index contributed by atoms with van der Waals surface area (Å²) in [6.45, 7) is 9.37. The van der Waals surface area contributed by atoms with E-state index in [-0.39, 0.29) is 121 Å². The molecule has 0 unspecified atom stereocenters. The number of aliphatic imine (C=N–C) groups is 1. The zero-order valence-electron chi connectivity index (χ0n) is 55.3. The molecule has 0 aromatic heterocycles. The molecule has 0 bridgehead atoms. The van der Waals surface area contributed by atoms with Crippen molar-refractivity contribution in [3.63, 3.8) is 0 Å². The van der Waals surface area contributed by atoms with Gasteiger partial charge in [-0.15, -0.1) is 0 Å². The predicted octanol–water partition coefficient (Wildman–Crippen LogP) is -0.672. The van der Waals surface area contributed by atoms with E-state index in [2.05, 4.69) is 58.2 Å². The summed E-state index contributed by atoms with van der Waals surface area (Å²) in [6, 6.07) is 9.42. The maximum absolute atomic E-state index is 15.2. The molecule has 5 rings (SSSR count). The third kappa shape index (κ3) is 25.6. The fourth-order valence-electron chi connectivity index (χ4n) is 11.2. The SMILES string of the molecule is CCCNC(=O)C[C@@H]1NC(=O)[C@@H](CCCN=C(N)N)NC(=O)[C@H](Cc2ccccc2)NC(=O)[C@@H]2CCCN2C(=O)[C@@H](Cc2ccccc2)NC(=O)[C@@H](CC(C)C)NC(=O)[C@H](CCCN)NC(=O)[C@H](C(C)C)NC(=O)[C@H](Cc2ccc(O)cc2)NC(=O)[C@H](CCCCN)NC1=O. The molecular formula is C67H100N16O12. The van der Waals surface area contributed by atoms with E-state index >= 15 is 4.79 Å². The van der Waals surface area contributed by atoms with Gasteiger partial charge in [-0.25, -0.2) is 0 Å². The molecular weight excluding hydrogens is 1220 g/mol. The van der Waals surface area contributed by atoms with E-state index in [0.717, 1.165) is 0 Å². The molecule has 3 aromatic rings. The fraction of sp³-hybridized carbons (Fsp3) is 0.552. The molecule has 2 aliphatic rings. The number of hydrogen-bond donors (Lipinski definition) is 15. The normalized spacial score (nSPS) is 23.5. The molecule has 19 N–H and O–H groups in total. The van der Waals surface area contributed by atoms with Crippen LogP contribution in [0.25, 0.3) is 0 Å². The third-order valence-corrected chi connectivity index (χ3v) is 16.3. The second-order valence-corrected chi connectivity index (χ2v) is 25.0. The smallest absolute Gasteiger partial charge is 0.246 e. The van der Waals surface area contributed by atoms with Crippen LogP contribution in [-0.4, -0.2) is 174 Å². The van der Waals surface area contributed by atoms with Crippen molar-refractivity contribution in [2.45, 2.75) is 191 Å². The standard InChI is InChI=1S/C67H100N16O12/c1-6-32-72-55(85)39-52-62(91)74-46(22-13-14-30-68)57(86)78-51(37-44-26-28-45(84)29-27-44)63(92)82-56(41(4)5)65(94)76-47(23-15-31-69)58(87)77-49(35-40(2)3)60(89)81-53(38-43-20-11-8-12-21-43)66(95)83-34-17-25-54(83)64(93)80-50(36-42-18-9-7-10-19-42)61(90)75-48(59(88)79-52)24-16-33-73-67(70)71/h7-12,18-21,26-29,40-41,46-54,56,84H,6,13-17,22-25,30-39,68-69H2,1-5H3,(H,72,85)(H,74,91)(H,75,90)(H,76,94)(H,77,87)(H,78,86)(H,79,88)(H,80,93)(H,81,89)(H,82,92)(H4,70,71,73)/t46-,47-,48+,49+,50-,51-,52-,53+,54-,56-/m0/s1. The zero-order valence-corrected chi connectivity index (χ0v) is 55.3. The monoisotopic (exact) mass is 1320 g/mol. The van der Waals surface area contributed by atoms with Gasteiger partial charge in [-0.1, -0.05) is 107 Å². The lowest BCUT2D eigenvalue weighted by Crippen LogP contribution is -2.62. The maximum atomic E-state index is 15.2. The van der Waals surface area contributed by atoms with Gasteiger partial charge in [0.05, 0.1) is 6.42 Å². The Morgan fingerprint density at radius 2 is 0.979 bits per heavy atom. The number of nitrogens with two attached hydrogens (primary N) is 4. The van der Waals surface area contributed by atoms with E-state index in [1.165, 1.54) is 29.2 Å². The van der Waals surface area contributed by atoms with E-state index in [1.54, 1.807) is 74.5 Å². The number of aromatic hydroxyl groups is 1. The fourth-order valence-corrected chi connectivity index (χ4v) is 11.2. The van der Waals surface area contributed by atoms with Crippen LogP contribution in [0.3, 0.4) is 0 Å². The number of guanidine groups is 1. The number of fused-ring (bicyclic) bond motifs is 1. The molecule has 0 aliphatic carbocycles. The van der Waals surface area contributed by atoms with Gasteiger partial charge in [-0.05, 0) is 124 Å². The van der Waals surface area contributed by atoms with Gasteiger partial charge in [0.2, 0.25) is 65.0 Å². The van der Waals surface area contributed by atoms with Gasteiger partial charge in [0.1, 0.15) is 66.2 Å². The molecule has 28 nitrogen and oxygen atoms in total. The summed E-state index contributed by atoms with van der Waals surface area (Å²) >= 11 is 0. The summed E-state index contributed by atoms with van der Waals surface area (Å²) in [5.74, 6) is -10.0. The van der Waals surface area contributed by atoms with Crippen LogP contribution in [0.4, 0.5) is 0 Å². The number of carbonyl (C=O) groups excluding carboxylic acids is 11. The van der Waals surface area contributed by atoms with Crippen molar-refractivity contribution >= 4 is 70.9 Å². The van der Waals surface area contributed by atoms with Crippen LogP contribution >= 0.6 is 0 Å². The molecule has 520 valence electrons. The second kappa shape index (κ2) is 39.5. The summed E-state index contributed by atoms with van der Waals surface area (Å²) in [7, 11) is 0. The number of rotatable bonds is 24. The Labute approximate surface area is 556 Å². The van der Waals surface area contributed by atoms with Crippen molar-refractivity contribution in [1.29, 1.82) is 0 Å². The van der Waals surface area contributed by atoms with Gasteiger partial charge in [0, 0.05) is 38.9 Å². The second-order valence-electron chi connectivity index (χ2n) is 25.0. The number of carbonyl (C=O) groups is 11. The summed E-state index contributed by atoms with van der Waals surface area (Å²) in [6.07, 6.45) is 0.847. The average Bonchev–Trinajstić information content (AvgIpc) is 1.78. The first kappa shape index (κ1) is 76.5. The molecule has 0 radical (unpaired) electrons. The molecule has 2 aliphatic heterocycles. The highest BCUT2D eigenvalue weighted by Gasteiger charge is 2.42. The molecule has 28 heteroatoms. The summed E-state index contributed by atoms with van der Waals surface area (Å²) in [4.78, 5) is 167. The highest BCUT2D eigenvalue weighted by molar-refractivity contribution is 6.00. The number of nitrogens with zero attached hydrogens (tertiary/aromatic N) is 2. The van der Waals surface area contributed by atoms with Crippen LogP contribution in [0, 0.1) is 11.8 Å².